The van der Waals surface area contributed by atoms with Crippen LogP contribution >= 0.6 is 0 Å². The minimum atomic E-state index is -1.37. The maximum absolute atomic E-state index is 12.1. The monoisotopic (exact) mass is 607 g/mol. The van der Waals surface area contributed by atoms with E-state index in [1.165, 1.54) is 6.92 Å². The predicted molar refractivity (Wildman–Crippen MR) is 156 cm³/mol. The lowest BCUT2D eigenvalue weighted by molar-refractivity contribution is -0.270. The van der Waals surface area contributed by atoms with Crippen molar-refractivity contribution in [1.82, 2.24) is 16.1 Å². The molecule has 0 aliphatic carbocycles. The summed E-state index contributed by atoms with van der Waals surface area (Å²) < 4.78 is 11.1. The average molecular weight is 608 g/mol. The number of rotatable bonds is 25. The molecular formula is C29H57N3O10. The van der Waals surface area contributed by atoms with E-state index in [1.807, 2.05) is 0 Å². The normalized spacial score (nSPS) is 22.7. The van der Waals surface area contributed by atoms with Crippen molar-refractivity contribution in [2.75, 3.05) is 46.1 Å². The van der Waals surface area contributed by atoms with Crippen LogP contribution in [-0.2, 0) is 23.9 Å². The van der Waals surface area contributed by atoms with Gasteiger partial charge in [0.15, 0.2) is 6.29 Å². The van der Waals surface area contributed by atoms with Gasteiger partial charge >= 0.3 is 0 Å². The molecule has 1 rings (SSSR count). The van der Waals surface area contributed by atoms with E-state index in [-0.39, 0.29) is 37.6 Å². The Morgan fingerprint density at radius 2 is 1.48 bits per heavy atom. The number of amides is 2. The van der Waals surface area contributed by atoms with Crippen molar-refractivity contribution in [2.45, 2.75) is 122 Å². The van der Waals surface area contributed by atoms with Crippen molar-refractivity contribution < 1.29 is 49.4 Å². The van der Waals surface area contributed by atoms with Crippen LogP contribution in [0.1, 0.15) is 90.9 Å². The summed E-state index contributed by atoms with van der Waals surface area (Å²) in [6.07, 6.45) is 5.06. The SMILES string of the molecule is CC(=O)NC1C(OCCCC(=O)NCCCCCCNOCCCC(C)(CCCO)CCCO)OC(CO)C(O)C1O. The van der Waals surface area contributed by atoms with Crippen molar-refractivity contribution in [3.63, 3.8) is 0 Å². The van der Waals surface area contributed by atoms with Crippen LogP contribution in [-0.4, -0.2) is 114 Å². The largest absolute Gasteiger partial charge is 0.396 e. The molecular weight excluding hydrogens is 550 g/mol. The van der Waals surface area contributed by atoms with Crippen LogP contribution < -0.4 is 16.1 Å². The number of aliphatic hydroxyl groups is 5. The quantitative estimate of drug-likeness (QED) is 0.0523. The first-order valence-corrected chi connectivity index (χ1v) is 15.5. The molecule has 0 aromatic heterocycles. The maximum Gasteiger partial charge on any atom is 0.220 e. The lowest BCUT2D eigenvalue weighted by atomic mass is 9.77. The molecule has 13 nitrogen and oxygen atoms in total. The second kappa shape index (κ2) is 23.0. The molecule has 42 heavy (non-hydrogen) atoms. The fourth-order valence-electron chi connectivity index (χ4n) is 5.14. The average Bonchev–Trinajstić information content (AvgIpc) is 2.97. The fourth-order valence-corrected chi connectivity index (χ4v) is 5.14. The first kappa shape index (κ1) is 38.6. The van der Waals surface area contributed by atoms with Crippen molar-refractivity contribution in [3.05, 3.63) is 0 Å². The fraction of sp³-hybridized carbons (Fsp3) is 0.931. The summed E-state index contributed by atoms with van der Waals surface area (Å²) >= 11 is 0. The number of hydroxylamine groups is 1. The first-order valence-electron chi connectivity index (χ1n) is 15.5. The minimum absolute atomic E-state index is 0.0934. The summed E-state index contributed by atoms with van der Waals surface area (Å²) in [5, 5.41) is 53.3. The Labute approximate surface area is 250 Å². The predicted octanol–water partition coefficient (Wildman–Crippen LogP) is 0.256. The molecule has 1 saturated heterocycles. The molecule has 0 spiro atoms. The summed E-state index contributed by atoms with van der Waals surface area (Å²) in [5.41, 5.74) is 3.14. The van der Waals surface area contributed by atoms with Crippen molar-refractivity contribution in [2.24, 2.45) is 5.41 Å². The van der Waals surface area contributed by atoms with Crippen LogP contribution in [0.4, 0.5) is 0 Å². The Morgan fingerprint density at radius 3 is 2.10 bits per heavy atom. The highest BCUT2D eigenvalue weighted by molar-refractivity contribution is 5.75. The number of carbonyl (C=O) groups excluding carboxylic acids is 2. The Hall–Kier alpha value is -1.42. The van der Waals surface area contributed by atoms with Crippen LogP contribution in [0.25, 0.3) is 0 Å². The van der Waals surface area contributed by atoms with Gasteiger partial charge in [-0.25, -0.2) is 5.48 Å². The Kier molecular flexibility index (Phi) is 21.2. The summed E-state index contributed by atoms with van der Waals surface area (Å²) in [4.78, 5) is 29.1. The van der Waals surface area contributed by atoms with Gasteiger partial charge < -0.3 is 50.5 Å². The number of hydrogen-bond donors (Lipinski definition) is 8. The van der Waals surface area contributed by atoms with Gasteiger partial charge in [0.1, 0.15) is 24.4 Å². The number of unbranched alkanes of at least 4 members (excludes halogenated alkanes) is 3. The number of aliphatic hydroxyl groups excluding tert-OH is 5. The van der Waals surface area contributed by atoms with Gasteiger partial charge in [0.2, 0.25) is 11.8 Å². The highest BCUT2D eigenvalue weighted by Crippen LogP contribution is 2.34. The van der Waals surface area contributed by atoms with Crippen molar-refractivity contribution in [1.29, 1.82) is 0 Å². The number of nitrogens with one attached hydrogen (secondary N) is 3. The number of carbonyl (C=O) groups is 2. The summed E-state index contributed by atoms with van der Waals surface area (Å²) in [7, 11) is 0. The molecule has 2 amide bonds. The third kappa shape index (κ3) is 16.4. The van der Waals surface area contributed by atoms with Gasteiger partial charge in [-0.15, -0.1) is 0 Å². The third-order valence-electron chi connectivity index (χ3n) is 7.61. The molecule has 8 N–H and O–H groups in total. The molecule has 5 unspecified atom stereocenters. The van der Waals surface area contributed by atoms with E-state index in [0.717, 1.165) is 70.8 Å². The maximum atomic E-state index is 12.1. The molecule has 1 aliphatic heterocycles. The number of ether oxygens (including phenoxy) is 2. The standard InChI is InChI=1S/C29H57N3O10/c1-22(36)32-25-27(39)26(38)23(21-35)42-28(25)40-19-7-11-24(37)30-15-5-3-4-6-16-31-41-20-10-14-29(2,12-8-17-33)13-9-18-34/h23,25-28,31,33-35,38-39H,3-21H2,1-2H3,(H,30,37)(H,32,36). The Bertz CT molecular complexity index is 709. The van der Waals surface area contributed by atoms with E-state index in [4.69, 9.17) is 24.5 Å². The van der Waals surface area contributed by atoms with Crippen LogP contribution in [0.3, 0.4) is 0 Å². The first-order chi connectivity index (χ1) is 20.2. The highest BCUT2D eigenvalue weighted by atomic mass is 16.7. The van der Waals surface area contributed by atoms with Gasteiger partial charge in [0.25, 0.3) is 0 Å². The van der Waals surface area contributed by atoms with E-state index in [2.05, 4.69) is 23.0 Å². The zero-order valence-corrected chi connectivity index (χ0v) is 25.6. The van der Waals surface area contributed by atoms with Gasteiger partial charge in [0.05, 0.1) is 19.8 Å². The van der Waals surface area contributed by atoms with Gasteiger partial charge in [-0.05, 0) is 63.2 Å². The Morgan fingerprint density at radius 1 is 0.833 bits per heavy atom. The lowest BCUT2D eigenvalue weighted by Crippen LogP contribution is -2.64. The topological polar surface area (TPSA) is 199 Å². The smallest absolute Gasteiger partial charge is 0.220 e. The molecule has 1 aliphatic rings. The van der Waals surface area contributed by atoms with Crippen LogP contribution in [0, 0.1) is 5.41 Å². The van der Waals surface area contributed by atoms with Crippen molar-refractivity contribution >= 4 is 11.8 Å². The lowest BCUT2D eigenvalue weighted by Gasteiger charge is -2.42. The van der Waals surface area contributed by atoms with Crippen LogP contribution in [0.15, 0.2) is 0 Å². The molecule has 0 saturated carbocycles. The van der Waals surface area contributed by atoms with Gasteiger partial charge in [-0.3, -0.25) is 9.59 Å². The summed E-state index contributed by atoms with van der Waals surface area (Å²) in [6.45, 7) is 5.49. The molecule has 248 valence electrons. The minimum Gasteiger partial charge on any atom is -0.396 e. The molecule has 1 heterocycles. The van der Waals surface area contributed by atoms with Gasteiger partial charge in [-0.1, -0.05) is 19.8 Å². The summed E-state index contributed by atoms with van der Waals surface area (Å²) in [6, 6.07) is -0.997. The zero-order valence-electron chi connectivity index (χ0n) is 25.6. The second-order valence-electron chi connectivity index (χ2n) is 11.5. The molecule has 0 aromatic carbocycles. The van der Waals surface area contributed by atoms with Crippen LogP contribution in [0.5, 0.6) is 0 Å². The highest BCUT2D eigenvalue weighted by Gasteiger charge is 2.45. The molecule has 0 aromatic rings. The summed E-state index contributed by atoms with van der Waals surface area (Å²) in [5.74, 6) is -0.518. The number of hydrogen-bond acceptors (Lipinski definition) is 11. The third-order valence-corrected chi connectivity index (χ3v) is 7.61. The molecule has 0 radical (unpaired) electrons. The van der Waals surface area contributed by atoms with E-state index in [9.17, 15) is 24.9 Å². The molecule has 5 atom stereocenters. The zero-order chi connectivity index (χ0) is 31.2. The van der Waals surface area contributed by atoms with Crippen LogP contribution in [0.2, 0.25) is 0 Å². The molecule has 0 bridgehead atoms. The molecule has 1 fully saturated rings. The van der Waals surface area contributed by atoms with Gasteiger partial charge in [-0.2, -0.15) is 0 Å². The van der Waals surface area contributed by atoms with E-state index in [1.54, 1.807) is 0 Å². The molecule has 13 heteroatoms. The van der Waals surface area contributed by atoms with E-state index in [0.29, 0.717) is 19.6 Å². The van der Waals surface area contributed by atoms with Crippen molar-refractivity contribution in [3.8, 4) is 0 Å². The second-order valence-corrected chi connectivity index (χ2v) is 11.5. The Balaban J connectivity index is 2.06. The van der Waals surface area contributed by atoms with E-state index >= 15 is 0 Å². The van der Waals surface area contributed by atoms with Gasteiger partial charge in [0, 0.05) is 39.6 Å². The van der Waals surface area contributed by atoms with E-state index < -0.39 is 43.2 Å².